The molecule has 0 unspecified atom stereocenters. The van der Waals surface area contributed by atoms with Crippen molar-refractivity contribution in [2.75, 3.05) is 6.61 Å². The monoisotopic (exact) mass is 365 g/mol. The predicted molar refractivity (Wildman–Crippen MR) is 102 cm³/mol. The third kappa shape index (κ3) is 4.64. The Morgan fingerprint density at radius 1 is 1.00 bits per heavy atom. The lowest BCUT2D eigenvalue weighted by Gasteiger charge is -2.27. The van der Waals surface area contributed by atoms with Crippen LogP contribution in [0.3, 0.4) is 0 Å². The van der Waals surface area contributed by atoms with Gasteiger partial charge in [-0.25, -0.2) is 0 Å². The van der Waals surface area contributed by atoms with Crippen molar-refractivity contribution in [3.8, 4) is 0 Å². The standard InChI is InChI=1S/C22H23NO4/c1-2-26-22(25)20(21(24)18-14-9-15-27-18)23-19(16-10-5-3-6-11-16)17-12-7-4-8-13-17/h3-15,19-21,23-24H,2H2,1H3/t20-,21-/m1/s1. The first kappa shape index (κ1) is 18.9. The normalized spacial score (nSPS) is 13.3. The van der Waals surface area contributed by atoms with Crippen molar-refractivity contribution in [3.05, 3.63) is 95.9 Å². The fraction of sp³-hybridized carbons (Fsp3) is 0.227. The lowest BCUT2D eigenvalue weighted by atomic mass is 9.96. The van der Waals surface area contributed by atoms with Crippen LogP contribution in [0.25, 0.3) is 0 Å². The molecule has 0 aliphatic rings. The Morgan fingerprint density at radius 2 is 1.59 bits per heavy atom. The maximum Gasteiger partial charge on any atom is 0.326 e. The second kappa shape index (κ2) is 9.16. The first-order valence-corrected chi connectivity index (χ1v) is 8.94. The molecule has 27 heavy (non-hydrogen) atoms. The summed E-state index contributed by atoms with van der Waals surface area (Å²) in [6.07, 6.45) is 0.293. The lowest BCUT2D eigenvalue weighted by Crippen LogP contribution is -2.45. The molecule has 2 atom stereocenters. The van der Waals surface area contributed by atoms with Gasteiger partial charge in [0.15, 0.2) is 0 Å². The third-order valence-electron chi connectivity index (χ3n) is 4.30. The fourth-order valence-electron chi connectivity index (χ4n) is 3.00. The van der Waals surface area contributed by atoms with Gasteiger partial charge < -0.3 is 14.3 Å². The van der Waals surface area contributed by atoms with Gasteiger partial charge >= 0.3 is 5.97 Å². The molecule has 0 radical (unpaired) electrons. The quantitative estimate of drug-likeness (QED) is 0.597. The van der Waals surface area contributed by atoms with Gasteiger partial charge in [0.2, 0.25) is 0 Å². The minimum atomic E-state index is -1.17. The van der Waals surface area contributed by atoms with E-state index in [1.165, 1.54) is 6.26 Å². The molecule has 5 nitrogen and oxygen atoms in total. The zero-order valence-electron chi connectivity index (χ0n) is 15.1. The van der Waals surface area contributed by atoms with Crippen LogP contribution in [-0.4, -0.2) is 23.7 Å². The van der Waals surface area contributed by atoms with Gasteiger partial charge in [0.05, 0.1) is 18.9 Å². The van der Waals surface area contributed by atoms with Crippen LogP contribution in [0, 0.1) is 0 Å². The first-order valence-electron chi connectivity index (χ1n) is 8.94. The second-order valence-corrected chi connectivity index (χ2v) is 6.11. The van der Waals surface area contributed by atoms with Crippen molar-refractivity contribution in [1.82, 2.24) is 5.32 Å². The summed E-state index contributed by atoms with van der Waals surface area (Å²) < 4.78 is 10.5. The third-order valence-corrected chi connectivity index (χ3v) is 4.30. The summed E-state index contributed by atoms with van der Waals surface area (Å²) in [6, 6.07) is 21.6. The molecule has 0 saturated carbocycles. The predicted octanol–water partition coefficient (Wildman–Crippen LogP) is 3.62. The molecule has 1 heterocycles. The van der Waals surface area contributed by atoms with Gasteiger partial charge in [0.1, 0.15) is 17.9 Å². The van der Waals surface area contributed by atoms with Crippen LogP contribution in [0.5, 0.6) is 0 Å². The van der Waals surface area contributed by atoms with Crippen molar-refractivity contribution in [2.24, 2.45) is 0 Å². The van der Waals surface area contributed by atoms with E-state index in [0.29, 0.717) is 5.76 Å². The number of aliphatic hydroxyl groups is 1. The molecule has 0 bridgehead atoms. The molecule has 0 saturated heterocycles. The molecule has 0 amide bonds. The summed E-state index contributed by atoms with van der Waals surface area (Å²) >= 11 is 0. The number of nitrogens with one attached hydrogen (secondary N) is 1. The van der Waals surface area contributed by atoms with Crippen molar-refractivity contribution in [1.29, 1.82) is 0 Å². The highest BCUT2D eigenvalue weighted by atomic mass is 16.5. The molecule has 0 spiro atoms. The largest absolute Gasteiger partial charge is 0.467 e. The van der Waals surface area contributed by atoms with Crippen LogP contribution >= 0.6 is 0 Å². The SMILES string of the molecule is CCOC(=O)[C@H](NC(c1ccccc1)c1ccccc1)[C@H](O)c1ccco1. The summed E-state index contributed by atoms with van der Waals surface area (Å²) in [5.74, 6) is -0.223. The molecule has 0 aliphatic carbocycles. The van der Waals surface area contributed by atoms with Crippen LogP contribution in [0.2, 0.25) is 0 Å². The van der Waals surface area contributed by atoms with Gasteiger partial charge in [0.25, 0.3) is 0 Å². The minimum absolute atomic E-state index is 0.225. The Morgan fingerprint density at radius 3 is 2.07 bits per heavy atom. The van der Waals surface area contributed by atoms with E-state index in [-0.39, 0.29) is 12.6 Å². The van der Waals surface area contributed by atoms with Crippen molar-refractivity contribution < 1.29 is 19.1 Å². The van der Waals surface area contributed by atoms with Gasteiger partial charge in [-0.15, -0.1) is 0 Å². The van der Waals surface area contributed by atoms with E-state index < -0.39 is 18.1 Å². The highest BCUT2D eigenvalue weighted by Gasteiger charge is 2.33. The van der Waals surface area contributed by atoms with Crippen LogP contribution in [0.1, 0.15) is 36.0 Å². The van der Waals surface area contributed by atoms with Crippen LogP contribution in [0.4, 0.5) is 0 Å². The number of aliphatic hydroxyl groups excluding tert-OH is 1. The lowest BCUT2D eigenvalue weighted by molar-refractivity contribution is -0.149. The van der Waals surface area contributed by atoms with E-state index >= 15 is 0 Å². The topological polar surface area (TPSA) is 71.7 Å². The van der Waals surface area contributed by atoms with Gasteiger partial charge in [-0.1, -0.05) is 60.7 Å². The molecule has 0 fully saturated rings. The zero-order valence-corrected chi connectivity index (χ0v) is 15.1. The molecule has 2 N–H and O–H groups in total. The van der Waals surface area contributed by atoms with E-state index in [2.05, 4.69) is 5.32 Å². The highest BCUT2D eigenvalue weighted by Crippen LogP contribution is 2.26. The molecule has 0 aliphatic heterocycles. The average molecular weight is 365 g/mol. The molecule has 3 aromatic rings. The molecule has 1 aromatic heterocycles. The molecular weight excluding hydrogens is 342 g/mol. The summed E-state index contributed by atoms with van der Waals surface area (Å²) in [5, 5.41) is 14.0. The molecular formula is C22H23NO4. The van der Waals surface area contributed by atoms with Gasteiger partial charge in [0, 0.05) is 0 Å². The number of hydrogen-bond acceptors (Lipinski definition) is 5. The minimum Gasteiger partial charge on any atom is -0.467 e. The molecule has 2 aromatic carbocycles. The van der Waals surface area contributed by atoms with Crippen LogP contribution in [-0.2, 0) is 9.53 Å². The van der Waals surface area contributed by atoms with E-state index in [0.717, 1.165) is 11.1 Å². The summed E-state index contributed by atoms with van der Waals surface area (Å²) in [4.78, 5) is 12.6. The number of hydrogen-bond donors (Lipinski definition) is 2. The number of benzene rings is 2. The van der Waals surface area contributed by atoms with Gasteiger partial charge in [-0.2, -0.15) is 0 Å². The van der Waals surface area contributed by atoms with Crippen molar-refractivity contribution in [3.63, 3.8) is 0 Å². The van der Waals surface area contributed by atoms with Crippen molar-refractivity contribution >= 4 is 5.97 Å². The zero-order chi connectivity index (χ0) is 19.1. The second-order valence-electron chi connectivity index (χ2n) is 6.11. The van der Waals surface area contributed by atoms with Crippen LogP contribution in [0.15, 0.2) is 83.5 Å². The molecule has 5 heteroatoms. The van der Waals surface area contributed by atoms with Gasteiger partial charge in [-0.3, -0.25) is 10.1 Å². The first-order chi connectivity index (χ1) is 13.2. The number of rotatable bonds is 8. The van der Waals surface area contributed by atoms with Crippen LogP contribution < -0.4 is 5.32 Å². The maximum atomic E-state index is 12.6. The van der Waals surface area contributed by atoms with E-state index in [4.69, 9.17) is 9.15 Å². The number of ether oxygens (including phenoxy) is 1. The van der Waals surface area contributed by atoms with Gasteiger partial charge in [-0.05, 0) is 30.2 Å². The number of carbonyl (C=O) groups is 1. The summed E-state index contributed by atoms with van der Waals surface area (Å²) in [7, 11) is 0. The van der Waals surface area contributed by atoms with E-state index in [1.54, 1.807) is 19.1 Å². The summed E-state index contributed by atoms with van der Waals surface area (Å²) in [6.45, 7) is 1.96. The Hall–Kier alpha value is -2.89. The fourth-order valence-corrected chi connectivity index (χ4v) is 3.00. The molecule has 3 rings (SSSR count). The van der Waals surface area contributed by atoms with Crippen molar-refractivity contribution in [2.45, 2.75) is 25.1 Å². The molecule has 140 valence electrons. The smallest absolute Gasteiger partial charge is 0.326 e. The van der Waals surface area contributed by atoms with E-state index in [1.807, 2.05) is 60.7 Å². The Balaban J connectivity index is 1.95. The maximum absolute atomic E-state index is 12.6. The number of esters is 1. The Kier molecular flexibility index (Phi) is 6.41. The number of furan rings is 1. The highest BCUT2D eigenvalue weighted by molar-refractivity contribution is 5.77. The number of carbonyl (C=O) groups excluding carboxylic acids is 1. The Labute approximate surface area is 158 Å². The average Bonchev–Trinajstić information content (AvgIpc) is 3.25. The van der Waals surface area contributed by atoms with E-state index in [9.17, 15) is 9.90 Å². The summed E-state index contributed by atoms with van der Waals surface area (Å²) in [5.41, 5.74) is 1.95. The Bertz CT molecular complexity index is 779.